The Morgan fingerprint density at radius 2 is 2.21 bits per heavy atom. The topological polar surface area (TPSA) is 83.5 Å². The minimum absolute atomic E-state index is 0.00386. The smallest absolute Gasteiger partial charge is 0.315 e. The molecule has 0 saturated carbocycles. The minimum atomic E-state index is -0.521. The summed E-state index contributed by atoms with van der Waals surface area (Å²) >= 11 is 0. The van der Waals surface area contributed by atoms with Crippen LogP contribution >= 0.6 is 0 Å². The van der Waals surface area contributed by atoms with Crippen LogP contribution in [-0.4, -0.2) is 29.3 Å². The molecule has 24 heavy (non-hydrogen) atoms. The second-order valence-electron chi connectivity index (χ2n) is 5.41. The van der Waals surface area contributed by atoms with Gasteiger partial charge in [-0.05, 0) is 35.7 Å². The van der Waals surface area contributed by atoms with E-state index in [2.05, 4.69) is 15.6 Å². The summed E-state index contributed by atoms with van der Waals surface area (Å²) in [5.74, 6) is -0.00260. The highest BCUT2D eigenvalue weighted by Gasteiger charge is 2.08. The molecule has 1 aromatic carbocycles. The highest BCUT2D eigenvalue weighted by Crippen LogP contribution is 2.24. The highest BCUT2D eigenvalue weighted by molar-refractivity contribution is 5.73. The summed E-state index contributed by atoms with van der Waals surface area (Å²) in [5, 5.41) is 14.1. The molecule has 2 amide bonds. The van der Waals surface area contributed by atoms with E-state index in [1.54, 1.807) is 24.4 Å². The number of ether oxygens (including phenoxy) is 1. The van der Waals surface area contributed by atoms with Gasteiger partial charge in [0.15, 0.2) is 11.6 Å². The molecule has 1 aromatic heterocycles. The number of aliphatic hydroxyl groups is 1. The maximum absolute atomic E-state index is 14.1. The Labute approximate surface area is 139 Å². The summed E-state index contributed by atoms with van der Waals surface area (Å²) in [5.41, 5.74) is 0.608. The van der Waals surface area contributed by atoms with E-state index in [4.69, 9.17) is 9.84 Å². The van der Waals surface area contributed by atoms with Crippen molar-refractivity contribution < 1.29 is 19.0 Å². The van der Waals surface area contributed by atoms with Crippen molar-refractivity contribution in [3.05, 3.63) is 54.1 Å². The van der Waals surface area contributed by atoms with Gasteiger partial charge in [0.25, 0.3) is 0 Å². The van der Waals surface area contributed by atoms with Gasteiger partial charge in [0.05, 0.1) is 6.20 Å². The van der Waals surface area contributed by atoms with Gasteiger partial charge < -0.3 is 20.5 Å². The van der Waals surface area contributed by atoms with Crippen LogP contribution in [0.2, 0.25) is 0 Å². The lowest BCUT2D eigenvalue weighted by Crippen LogP contribution is -2.38. The number of halogens is 1. The third kappa shape index (κ3) is 5.51. The summed E-state index contributed by atoms with van der Waals surface area (Å²) < 4.78 is 19.5. The quantitative estimate of drug-likeness (QED) is 0.727. The third-order valence-corrected chi connectivity index (χ3v) is 3.23. The Morgan fingerprint density at radius 1 is 1.38 bits per heavy atom. The summed E-state index contributed by atoms with van der Waals surface area (Å²) in [6.07, 6.45) is 3.09. The van der Waals surface area contributed by atoms with Crippen molar-refractivity contribution in [1.29, 1.82) is 0 Å². The molecule has 1 atom stereocenters. The number of urea groups is 1. The van der Waals surface area contributed by atoms with Crippen LogP contribution in [-0.2, 0) is 6.54 Å². The van der Waals surface area contributed by atoms with Crippen LogP contribution in [0.4, 0.5) is 9.18 Å². The van der Waals surface area contributed by atoms with Gasteiger partial charge in [-0.15, -0.1) is 0 Å². The summed E-state index contributed by atoms with van der Waals surface area (Å²) in [7, 11) is 0. The maximum Gasteiger partial charge on any atom is 0.315 e. The van der Waals surface area contributed by atoms with Crippen molar-refractivity contribution in [1.82, 2.24) is 15.6 Å². The molecule has 0 aliphatic rings. The number of rotatable bonds is 7. The fraction of sp³-hybridized carbons (Fsp3) is 0.294. The Morgan fingerprint density at radius 3 is 2.88 bits per heavy atom. The lowest BCUT2D eigenvalue weighted by molar-refractivity contribution is 0.222. The average Bonchev–Trinajstić information content (AvgIpc) is 2.60. The van der Waals surface area contributed by atoms with Crippen LogP contribution in [0, 0.1) is 11.7 Å². The van der Waals surface area contributed by atoms with Crippen LogP contribution in [0.3, 0.4) is 0 Å². The number of nitrogens with zero attached hydrogens (tertiary/aromatic N) is 1. The highest BCUT2D eigenvalue weighted by atomic mass is 19.1. The standard InChI is InChI=1S/C17H20FN3O3/c1-12(11-22)8-20-17(23)21-9-13-4-5-16(15(18)7-13)24-14-3-2-6-19-10-14/h2-7,10,12,22H,8-9,11H2,1H3,(H2,20,21,23). The Bertz CT molecular complexity index is 667. The van der Waals surface area contributed by atoms with Gasteiger partial charge in [-0.3, -0.25) is 4.98 Å². The van der Waals surface area contributed by atoms with Crippen LogP contribution < -0.4 is 15.4 Å². The van der Waals surface area contributed by atoms with Gasteiger partial charge in [0.1, 0.15) is 5.75 Å². The number of amides is 2. The number of hydrogen-bond donors (Lipinski definition) is 3. The van der Waals surface area contributed by atoms with Crippen LogP contribution in [0.1, 0.15) is 12.5 Å². The van der Waals surface area contributed by atoms with Gasteiger partial charge in [0.2, 0.25) is 0 Å². The molecule has 0 radical (unpaired) electrons. The van der Waals surface area contributed by atoms with Crippen molar-refractivity contribution in [2.24, 2.45) is 5.92 Å². The molecule has 2 aromatic rings. The first kappa shape index (κ1) is 17.7. The third-order valence-electron chi connectivity index (χ3n) is 3.23. The largest absolute Gasteiger partial charge is 0.453 e. The average molecular weight is 333 g/mol. The van der Waals surface area contributed by atoms with E-state index in [1.807, 2.05) is 6.92 Å². The fourth-order valence-corrected chi connectivity index (χ4v) is 1.85. The SMILES string of the molecule is CC(CO)CNC(=O)NCc1ccc(Oc2cccnc2)c(F)c1. The van der Waals surface area contributed by atoms with E-state index >= 15 is 0 Å². The molecule has 3 N–H and O–H groups in total. The lowest BCUT2D eigenvalue weighted by Gasteiger charge is -2.11. The van der Waals surface area contributed by atoms with E-state index < -0.39 is 5.82 Å². The number of aliphatic hydroxyl groups excluding tert-OH is 1. The second-order valence-corrected chi connectivity index (χ2v) is 5.41. The van der Waals surface area contributed by atoms with Gasteiger partial charge in [-0.25, -0.2) is 9.18 Å². The molecule has 6 nitrogen and oxygen atoms in total. The zero-order valence-electron chi connectivity index (χ0n) is 13.3. The number of hydrogen-bond acceptors (Lipinski definition) is 4. The molecule has 1 heterocycles. The molecule has 0 aliphatic heterocycles. The van der Waals surface area contributed by atoms with Crippen molar-refractivity contribution >= 4 is 6.03 Å². The Hall–Kier alpha value is -2.67. The Kier molecular flexibility index (Phi) is 6.51. The minimum Gasteiger partial charge on any atom is -0.453 e. The lowest BCUT2D eigenvalue weighted by atomic mass is 10.2. The molecule has 0 aliphatic carbocycles. The van der Waals surface area contributed by atoms with E-state index in [1.165, 1.54) is 18.3 Å². The molecule has 0 spiro atoms. The van der Waals surface area contributed by atoms with Crippen LogP contribution in [0.5, 0.6) is 11.5 Å². The zero-order valence-corrected chi connectivity index (χ0v) is 13.3. The van der Waals surface area contributed by atoms with Gasteiger partial charge in [0, 0.05) is 25.9 Å². The van der Waals surface area contributed by atoms with Gasteiger partial charge in [-0.2, -0.15) is 0 Å². The summed E-state index contributed by atoms with van der Waals surface area (Å²) in [6, 6.07) is 7.49. The second kappa shape index (κ2) is 8.83. The first-order valence-electron chi connectivity index (χ1n) is 7.57. The zero-order chi connectivity index (χ0) is 17.4. The summed E-state index contributed by atoms with van der Waals surface area (Å²) in [4.78, 5) is 15.5. The number of benzene rings is 1. The number of pyridine rings is 1. The molecule has 0 saturated heterocycles. The first-order valence-corrected chi connectivity index (χ1v) is 7.57. The maximum atomic E-state index is 14.1. The van der Waals surface area contributed by atoms with Gasteiger partial charge >= 0.3 is 6.03 Å². The molecule has 0 fully saturated rings. The predicted octanol–water partition coefficient (Wildman–Crippen LogP) is 2.44. The molecule has 128 valence electrons. The predicted molar refractivity (Wildman–Crippen MR) is 87.2 cm³/mol. The number of aromatic nitrogens is 1. The molecule has 1 unspecified atom stereocenters. The number of carbonyl (C=O) groups excluding carboxylic acids is 1. The van der Waals surface area contributed by atoms with Crippen molar-refractivity contribution in [3.8, 4) is 11.5 Å². The van der Waals surface area contributed by atoms with Crippen molar-refractivity contribution in [2.75, 3.05) is 13.2 Å². The van der Waals surface area contributed by atoms with E-state index in [9.17, 15) is 9.18 Å². The van der Waals surface area contributed by atoms with Gasteiger partial charge in [-0.1, -0.05) is 13.0 Å². The molecule has 2 rings (SSSR count). The normalized spacial score (nSPS) is 11.6. The monoisotopic (exact) mass is 333 g/mol. The Balaban J connectivity index is 1.87. The molecule has 7 heteroatoms. The van der Waals surface area contributed by atoms with E-state index in [-0.39, 0.29) is 30.9 Å². The molecule has 0 bridgehead atoms. The molecular weight excluding hydrogens is 313 g/mol. The van der Waals surface area contributed by atoms with Crippen molar-refractivity contribution in [2.45, 2.75) is 13.5 Å². The van der Waals surface area contributed by atoms with Crippen LogP contribution in [0.25, 0.3) is 0 Å². The fourth-order valence-electron chi connectivity index (χ4n) is 1.85. The van der Waals surface area contributed by atoms with E-state index in [0.717, 1.165) is 0 Å². The van der Waals surface area contributed by atoms with E-state index in [0.29, 0.717) is 17.9 Å². The van der Waals surface area contributed by atoms with Crippen molar-refractivity contribution in [3.63, 3.8) is 0 Å². The molecular formula is C17H20FN3O3. The first-order chi connectivity index (χ1) is 11.6. The number of nitrogens with one attached hydrogen (secondary N) is 2. The number of carbonyl (C=O) groups is 1. The van der Waals surface area contributed by atoms with Crippen LogP contribution in [0.15, 0.2) is 42.7 Å². The summed E-state index contributed by atoms with van der Waals surface area (Å²) in [6.45, 7) is 2.37.